The van der Waals surface area contributed by atoms with Crippen molar-refractivity contribution in [3.8, 4) is 5.75 Å². The van der Waals surface area contributed by atoms with E-state index in [-0.39, 0.29) is 4.83 Å². The van der Waals surface area contributed by atoms with E-state index in [1.54, 1.807) is 24.3 Å². The van der Waals surface area contributed by atoms with Gasteiger partial charge in [-0.25, -0.2) is 4.39 Å². The number of ether oxygens (including phenoxy) is 1. The van der Waals surface area contributed by atoms with Gasteiger partial charge in [-0.15, -0.1) is 0 Å². The Bertz CT molecular complexity index is 629. The van der Waals surface area contributed by atoms with E-state index in [2.05, 4.69) is 31.9 Å². The van der Waals surface area contributed by atoms with Crippen molar-refractivity contribution in [2.24, 2.45) is 0 Å². The molecule has 1 atom stereocenters. The second-order valence-electron chi connectivity index (χ2n) is 4.01. The van der Waals surface area contributed by atoms with E-state index in [1.807, 2.05) is 0 Å². The van der Waals surface area contributed by atoms with Crippen LogP contribution in [-0.4, -0.2) is 7.11 Å². The lowest BCUT2D eigenvalue weighted by Gasteiger charge is -2.18. The zero-order valence-electron chi connectivity index (χ0n) is 10.3. The smallest absolute Gasteiger partial charge is 0.141 e. The standard InChI is InChI=1S/C14H9Br2Cl2FO/c1-20-12-6-11(19)8(15)5-7(12)14(16)13-9(17)3-2-4-10(13)18/h2-6,14H,1H3. The van der Waals surface area contributed by atoms with Gasteiger partial charge in [-0.05, 0) is 34.1 Å². The van der Waals surface area contributed by atoms with Gasteiger partial charge in [-0.1, -0.05) is 45.2 Å². The molecule has 0 aliphatic heterocycles. The Hall–Kier alpha value is -0.290. The van der Waals surface area contributed by atoms with Crippen molar-refractivity contribution >= 4 is 55.1 Å². The molecule has 1 unspecified atom stereocenters. The van der Waals surface area contributed by atoms with Gasteiger partial charge in [-0.3, -0.25) is 0 Å². The van der Waals surface area contributed by atoms with E-state index in [4.69, 9.17) is 27.9 Å². The van der Waals surface area contributed by atoms with Crippen LogP contribution in [0.4, 0.5) is 4.39 Å². The highest BCUT2D eigenvalue weighted by atomic mass is 79.9. The Kier molecular flexibility index (Phi) is 5.35. The van der Waals surface area contributed by atoms with Crippen LogP contribution in [-0.2, 0) is 0 Å². The van der Waals surface area contributed by atoms with Gasteiger partial charge in [-0.2, -0.15) is 0 Å². The fourth-order valence-corrected chi connectivity index (χ4v) is 3.92. The molecule has 1 nitrogen and oxygen atoms in total. The topological polar surface area (TPSA) is 9.23 Å². The number of alkyl halides is 1. The van der Waals surface area contributed by atoms with E-state index >= 15 is 0 Å². The average molecular weight is 443 g/mol. The van der Waals surface area contributed by atoms with Crippen LogP contribution in [0.15, 0.2) is 34.8 Å². The SMILES string of the molecule is COc1cc(F)c(Br)cc1C(Br)c1c(Cl)cccc1Cl. The lowest BCUT2D eigenvalue weighted by atomic mass is 10.0. The van der Waals surface area contributed by atoms with Crippen molar-refractivity contribution in [3.05, 3.63) is 61.8 Å². The highest BCUT2D eigenvalue weighted by molar-refractivity contribution is 9.10. The van der Waals surface area contributed by atoms with Gasteiger partial charge in [0.05, 0.1) is 16.4 Å². The maximum Gasteiger partial charge on any atom is 0.141 e. The van der Waals surface area contributed by atoms with Crippen LogP contribution in [0.2, 0.25) is 10.0 Å². The van der Waals surface area contributed by atoms with E-state index in [9.17, 15) is 4.39 Å². The van der Waals surface area contributed by atoms with Crippen molar-refractivity contribution in [3.63, 3.8) is 0 Å². The van der Waals surface area contributed by atoms with Gasteiger partial charge >= 0.3 is 0 Å². The van der Waals surface area contributed by atoms with Crippen LogP contribution in [0.25, 0.3) is 0 Å². The van der Waals surface area contributed by atoms with Gasteiger partial charge in [0.25, 0.3) is 0 Å². The fourth-order valence-electron chi connectivity index (χ4n) is 1.83. The molecule has 0 aliphatic carbocycles. The number of rotatable bonds is 3. The highest BCUT2D eigenvalue weighted by Gasteiger charge is 2.22. The van der Waals surface area contributed by atoms with Gasteiger partial charge in [0, 0.05) is 27.2 Å². The van der Waals surface area contributed by atoms with Crippen molar-refractivity contribution in [1.29, 1.82) is 0 Å². The summed E-state index contributed by atoms with van der Waals surface area (Å²) in [4.78, 5) is -0.310. The molecule has 0 amide bonds. The Labute approximate surface area is 143 Å². The Morgan fingerprint density at radius 3 is 2.35 bits per heavy atom. The van der Waals surface area contributed by atoms with Crippen molar-refractivity contribution < 1.29 is 9.13 Å². The summed E-state index contributed by atoms with van der Waals surface area (Å²) in [7, 11) is 1.49. The normalized spacial score (nSPS) is 12.3. The summed E-state index contributed by atoms with van der Waals surface area (Å²) in [5, 5.41) is 1.06. The Balaban J connectivity index is 2.59. The third-order valence-electron chi connectivity index (χ3n) is 2.80. The van der Waals surface area contributed by atoms with Crippen molar-refractivity contribution in [2.45, 2.75) is 4.83 Å². The Morgan fingerprint density at radius 2 is 1.80 bits per heavy atom. The van der Waals surface area contributed by atoms with Crippen LogP contribution in [0.3, 0.4) is 0 Å². The second kappa shape index (κ2) is 6.65. The van der Waals surface area contributed by atoms with Gasteiger partial charge in [0.2, 0.25) is 0 Å². The predicted octanol–water partition coefficient (Wildman–Crippen LogP) is 6.39. The summed E-state index contributed by atoms with van der Waals surface area (Å²) in [6, 6.07) is 8.24. The molecule has 0 saturated heterocycles. The van der Waals surface area contributed by atoms with Crippen LogP contribution in [0, 0.1) is 5.82 Å². The minimum Gasteiger partial charge on any atom is -0.496 e. The summed E-state index contributed by atoms with van der Waals surface area (Å²) < 4.78 is 19.2. The molecule has 2 rings (SSSR count). The number of methoxy groups -OCH3 is 1. The number of hydrogen-bond acceptors (Lipinski definition) is 1. The summed E-state index contributed by atoms with van der Waals surface area (Å²) in [5.74, 6) is 0.0270. The summed E-state index contributed by atoms with van der Waals surface area (Å²) in [6.07, 6.45) is 0. The molecule has 106 valence electrons. The van der Waals surface area contributed by atoms with Crippen molar-refractivity contribution in [2.75, 3.05) is 7.11 Å². The van der Waals surface area contributed by atoms with E-state index < -0.39 is 5.82 Å². The first-order valence-electron chi connectivity index (χ1n) is 5.56. The first-order valence-corrected chi connectivity index (χ1v) is 8.03. The largest absolute Gasteiger partial charge is 0.496 e. The summed E-state index contributed by atoms with van der Waals surface area (Å²) >= 11 is 19.1. The van der Waals surface area contributed by atoms with Gasteiger partial charge < -0.3 is 4.74 Å². The first kappa shape index (κ1) is 16.1. The molecule has 6 heteroatoms. The molecular formula is C14H9Br2Cl2FO. The van der Waals surface area contributed by atoms with E-state index in [0.717, 1.165) is 5.56 Å². The third kappa shape index (κ3) is 3.14. The molecule has 20 heavy (non-hydrogen) atoms. The first-order chi connectivity index (χ1) is 9.45. The molecular weight excluding hydrogens is 434 g/mol. The van der Waals surface area contributed by atoms with Gasteiger partial charge in [0.1, 0.15) is 11.6 Å². The molecule has 0 spiro atoms. The Morgan fingerprint density at radius 1 is 1.20 bits per heavy atom. The van der Waals surface area contributed by atoms with Gasteiger partial charge in [0.15, 0.2) is 0 Å². The van der Waals surface area contributed by atoms with Crippen LogP contribution < -0.4 is 4.74 Å². The predicted molar refractivity (Wildman–Crippen MR) is 87.9 cm³/mol. The lowest BCUT2D eigenvalue weighted by molar-refractivity contribution is 0.406. The summed E-state index contributed by atoms with van der Waals surface area (Å²) in [5.41, 5.74) is 1.45. The molecule has 0 bridgehead atoms. The quantitative estimate of drug-likeness (QED) is 0.500. The maximum absolute atomic E-state index is 13.6. The lowest BCUT2D eigenvalue weighted by Crippen LogP contribution is -2.00. The van der Waals surface area contributed by atoms with Crippen LogP contribution in [0.1, 0.15) is 16.0 Å². The van der Waals surface area contributed by atoms with E-state index in [1.165, 1.54) is 13.2 Å². The molecule has 0 aromatic heterocycles. The number of benzene rings is 2. The number of hydrogen-bond donors (Lipinski definition) is 0. The molecule has 2 aromatic carbocycles. The van der Waals surface area contributed by atoms with Crippen LogP contribution in [0.5, 0.6) is 5.75 Å². The average Bonchev–Trinajstić information content (AvgIpc) is 2.41. The summed E-state index contributed by atoms with van der Waals surface area (Å²) in [6.45, 7) is 0. The molecule has 0 saturated carbocycles. The zero-order valence-corrected chi connectivity index (χ0v) is 14.9. The minimum absolute atomic E-state index is 0.310. The molecule has 0 aliphatic rings. The molecule has 0 radical (unpaired) electrons. The zero-order chi connectivity index (χ0) is 14.9. The third-order valence-corrected chi connectivity index (χ3v) is 5.02. The monoisotopic (exact) mass is 440 g/mol. The molecule has 0 heterocycles. The molecule has 0 N–H and O–H groups in total. The van der Waals surface area contributed by atoms with Crippen molar-refractivity contribution in [1.82, 2.24) is 0 Å². The van der Waals surface area contributed by atoms with Crippen LogP contribution >= 0.6 is 55.1 Å². The van der Waals surface area contributed by atoms with E-state index in [0.29, 0.717) is 25.8 Å². The molecule has 2 aromatic rings. The highest BCUT2D eigenvalue weighted by Crippen LogP contribution is 2.44. The maximum atomic E-state index is 13.6. The molecule has 0 fully saturated rings. The minimum atomic E-state index is -0.393. The second-order valence-corrected chi connectivity index (χ2v) is 6.59. The fraction of sp³-hybridized carbons (Fsp3) is 0.143. The number of halogens is 5.